The average Bonchev–Trinajstić information content (AvgIpc) is 2.82. The van der Waals surface area contributed by atoms with Crippen LogP contribution in [-0.4, -0.2) is 31.3 Å². The first-order valence-electron chi connectivity index (χ1n) is 9.85. The molecule has 0 atom stereocenters. The van der Waals surface area contributed by atoms with Crippen LogP contribution in [0.15, 0.2) is 60.7 Å². The zero-order chi connectivity index (χ0) is 23.6. The number of anilines is 2. The molecule has 0 aliphatic rings. The number of hydrogen-bond acceptors (Lipinski definition) is 6. The van der Waals surface area contributed by atoms with Crippen LogP contribution >= 0.6 is 0 Å². The minimum atomic E-state index is -4.40. The quantitative estimate of drug-likeness (QED) is 0.380. The summed E-state index contributed by atoms with van der Waals surface area (Å²) in [5.74, 6) is 2.15. The molecule has 3 aromatic carbocycles. The predicted octanol–water partition coefficient (Wildman–Crippen LogP) is 6.09. The van der Waals surface area contributed by atoms with Gasteiger partial charge in [0.1, 0.15) is 5.82 Å². The number of aromatic nitrogens is 2. The standard InChI is InChI=1S/C24H20F3N3O3/c1-31-19-12-14(13-20(32-2)21(19)33-3)22-29-18-7-5-4-6-17(18)23(30-22)28-16-10-8-15(9-11-16)24(25,26)27/h4-13H,1-3H3,(H,28,29,30). The third-order valence-electron chi connectivity index (χ3n) is 5.00. The molecule has 0 aliphatic carbocycles. The summed E-state index contributed by atoms with van der Waals surface area (Å²) in [5.41, 5.74) is 1.01. The van der Waals surface area contributed by atoms with Crippen molar-refractivity contribution < 1.29 is 27.4 Å². The van der Waals surface area contributed by atoms with Crippen molar-refractivity contribution in [3.8, 4) is 28.6 Å². The number of nitrogens with one attached hydrogen (secondary N) is 1. The van der Waals surface area contributed by atoms with Gasteiger partial charge < -0.3 is 19.5 Å². The number of hydrogen-bond donors (Lipinski definition) is 1. The third-order valence-corrected chi connectivity index (χ3v) is 5.00. The van der Waals surface area contributed by atoms with Gasteiger partial charge in [-0.25, -0.2) is 9.97 Å². The fourth-order valence-electron chi connectivity index (χ4n) is 3.39. The van der Waals surface area contributed by atoms with Gasteiger partial charge >= 0.3 is 6.18 Å². The number of halogens is 3. The molecular formula is C24H20F3N3O3. The van der Waals surface area contributed by atoms with Crippen molar-refractivity contribution in [3.05, 3.63) is 66.2 Å². The number of alkyl halides is 3. The van der Waals surface area contributed by atoms with E-state index in [4.69, 9.17) is 14.2 Å². The van der Waals surface area contributed by atoms with Crippen molar-refractivity contribution in [2.75, 3.05) is 26.6 Å². The molecule has 6 nitrogen and oxygen atoms in total. The van der Waals surface area contributed by atoms with E-state index < -0.39 is 11.7 Å². The molecule has 170 valence electrons. The first kappa shape index (κ1) is 22.2. The summed E-state index contributed by atoms with van der Waals surface area (Å²) >= 11 is 0. The number of methoxy groups -OCH3 is 3. The molecule has 0 spiro atoms. The van der Waals surface area contributed by atoms with E-state index in [1.54, 1.807) is 12.1 Å². The van der Waals surface area contributed by atoms with Crippen LogP contribution in [0.2, 0.25) is 0 Å². The maximum atomic E-state index is 12.9. The molecule has 4 rings (SSSR count). The Labute approximate surface area is 188 Å². The van der Waals surface area contributed by atoms with Crippen LogP contribution in [0.5, 0.6) is 17.2 Å². The molecule has 0 fully saturated rings. The van der Waals surface area contributed by atoms with Gasteiger partial charge in [-0.05, 0) is 48.5 Å². The highest BCUT2D eigenvalue weighted by Gasteiger charge is 2.30. The van der Waals surface area contributed by atoms with E-state index in [-0.39, 0.29) is 0 Å². The van der Waals surface area contributed by atoms with Crippen LogP contribution in [-0.2, 0) is 6.18 Å². The first-order valence-corrected chi connectivity index (χ1v) is 9.85. The Bertz CT molecular complexity index is 1270. The molecule has 1 N–H and O–H groups in total. The highest BCUT2D eigenvalue weighted by Crippen LogP contribution is 2.41. The highest BCUT2D eigenvalue weighted by molar-refractivity contribution is 5.92. The summed E-state index contributed by atoms with van der Waals surface area (Å²) in [6.07, 6.45) is -4.40. The zero-order valence-electron chi connectivity index (χ0n) is 18.0. The fourth-order valence-corrected chi connectivity index (χ4v) is 3.39. The molecule has 0 saturated heterocycles. The van der Waals surface area contributed by atoms with Gasteiger partial charge in [-0.3, -0.25) is 0 Å². The Morgan fingerprint density at radius 2 is 1.42 bits per heavy atom. The number of para-hydroxylation sites is 1. The largest absolute Gasteiger partial charge is 0.493 e. The Morgan fingerprint density at radius 3 is 2.00 bits per heavy atom. The summed E-state index contributed by atoms with van der Waals surface area (Å²) < 4.78 is 54.9. The number of nitrogens with zero attached hydrogens (tertiary/aromatic N) is 2. The minimum absolute atomic E-state index is 0.377. The SMILES string of the molecule is COc1cc(-c2nc(Nc3ccc(C(F)(F)F)cc3)c3ccccc3n2)cc(OC)c1OC. The van der Waals surface area contributed by atoms with E-state index >= 15 is 0 Å². The third kappa shape index (κ3) is 4.48. The molecule has 1 heterocycles. The first-order chi connectivity index (χ1) is 15.8. The van der Waals surface area contributed by atoms with Crippen molar-refractivity contribution in [1.29, 1.82) is 0 Å². The second-order valence-corrected chi connectivity index (χ2v) is 7.03. The number of fused-ring (bicyclic) bond motifs is 1. The fraction of sp³-hybridized carbons (Fsp3) is 0.167. The van der Waals surface area contributed by atoms with Gasteiger partial charge in [0.2, 0.25) is 5.75 Å². The van der Waals surface area contributed by atoms with Gasteiger partial charge in [0.25, 0.3) is 0 Å². The molecular weight excluding hydrogens is 435 g/mol. The van der Waals surface area contributed by atoms with Crippen molar-refractivity contribution in [2.24, 2.45) is 0 Å². The average molecular weight is 455 g/mol. The number of benzene rings is 3. The summed E-state index contributed by atoms with van der Waals surface area (Å²) in [5, 5.41) is 3.83. The van der Waals surface area contributed by atoms with Crippen molar-refractivity contribution in [1.82, 2.24) is 9.97 Å². The second kappa shape index (κ2) is 8.85. The lowest BCUT2D eigenvalue weighted by atomic mass is 10.1. The summed E-state index contributed by atoms with van der Waals surface area (Å²) in [6.45, 7) is 0. The van der Waals surface area contributed by atoms with Crippen molar-refractivity contribution >= 4 is 22.4 Å². The molecule has 0 aliphatic heterocycles. The Kier molecular flexibility index (Phi) is 5.95. The molecule has 9 heteroatoms. The summed E-state index contributed by atoms with van der Waals surface area (Å²) in [4.78, 5) is 9.30. The van der Waals surface area contributed by atoms with Gasteiger partial charge in [0.05, 0.1) is 32.4 Å². The molecule has 4 aromatic rings. The van der Waals surface area contributed by atoms with Gasteiger partial charge in [-0.15, -0.1) is 0 Å². The normalized spacial score (nSPS) is 11.3. The van der Waals surface area contributed by atoms with E-state index in [9.17, 15) is 13.2 Å². The van der Waals surface area contributed by atoms with Crippen LogP contribution in [0.4, 0.5) is 24.7 Å². The lowest BCUT2D eigenvalue weighted by Gasteiger charge is -2.15. The summed E-state index contributed by atoms with van der Waals surface area (Å²) in [7, 11) is 4.54. The highest BCUT2D eigenvalue weighted by atomic mass is 19.4. The van der Waals surface area contributed by atoms with E-state index in [0.717, 1.165) is 12.1 Å². The lowest BCUT2D eigenvalue weighted by Crippen LogP contribution is -2.05. The number of rotatable bonds is 6. The minimum Gasteiger partial charge on any atom is -0.493 e. The molecule has 0 amide bonds. The van der Waals surface area contributed by atoms with Crippen LogP contribution in [0.25, 0.3) is 22.3 Å². The molecule has 0 bridgehead atoms. The second-order valence-electron chi connectivity index (χ2n) is 7.03. The predicted molar refractivity (Wildman–Crippen MR) is 119 cm³/mol. The van der Waals surface area contributed by atoms with Gasteiger partial charge in [0, 0.05) is 16.6 Å². The molecule has 0 radical (unpaired) electrons. The van der Waals surface area contributed by atoms with Crippen LogP contribution < -0.4 is 19.5 Å². The monoisotopic (exact) mass is 455 g/mol. The number of ether oxygens (including phenoxy) is 3. The molecule has 1 aromatic heterocycles. The van der Waals surface area contributed by atoms with Crippen LogP contribution in [0.1, 0.15) is 5.56 Å². The topological polar surface area (TPSA) is 65.5 Å². The van der Waals surface area contributed by atoms with Gasteiger partial charge in [-0.2, -0.15) is 13.2 Å². The molecule has 33 heavy (non-hydrogen) atoms. The Morgan fingerprint density at radius 1 is 0.788 bits per heavy atom. The van der Waals surface area contributed by atoms with Gasteiger partial charge in [0.15, 0.2) is 17.3 Å². The lowest BCUT2D eigenvalue weighted by molar-refractivity contribution is -0.137. The van der Waals surface area contributed by atoms with Crippen molar-refractivity contribution in [3.63, 3.8) is 0 Å². The van der Waals surface area contributed by atoms with Crippen LogP contribution in [0.3, 0.4) is 0 Å². The van der Waals surface area contributed by atoms with Gasteiger partial charge in [-0.1, -0.05) is 12.1 Å². The maximum absolute atomic E-state index is 12.9. The summed E-state index contributed by atoms with van der Waals surface area (Å²) in [6, 6.07) is 15.6. The van der Waals surface area contributed by atoms with E-state index in [2.05, 4.69) is 15.3 Å². The van der Waals surface area contributed by atoms with E-state index in [1.807, 2.05) is 24.3 Å². The Balaban J connectivity index is 1.81. The molecule has 0 unspecified atom stereocenters. The molecule has 0 saturated carbocycles. The van der Waals surface area contributed by atoms with Crippen molar-refractivity contribution in [2.45, 2.75) is 6.18 Å². The smallest absolute Gasteiger partial charge is 0.416 e. The van der Waals surface area contributed by atoms with E-state index in [1.165, 1.54) is 33.5 Å². The zero-order valence-corrected chi connectivity index (χ0v) is 18.0. The van der Waals surface area contributed by atoms with E-state index in [0.29, 0.717) is 51.0 Å². The maximum Gasteiger partial charge on any atom is 0.416 e. The van der Waals surface area contributed by atoms with Crippen LogP contribution in [0, 0.1) is 0 Å². The Hall–Kier alpha value is -4.01.